The van der Waals surface area contributed by atoms with E-state index in [2.05, 4.69) is 46.8 Å². The Bertz CT molecular complexity index is 396. The molecule has 1 unspecified atom stereocenters. The van der Waals surface area contributed by atoms with Crippen molar-refractivity contribution in [1.29, 1.82) is 0 Å². The summed E-state index contributed by atoms with van der Waals surface area (Å²) in [7, 11) is 0. The highest BCUT2D eigenvalue weighted by molar-refractivity contribution is 5.49. The van der Waals surface area contributed by atoms with Crippen LogP contribution in [0.5, 0.6) is 5.75 Å². The van der Waals surface area contributed by atoms with Crippen molar-refractivity contribution in [1.82, 2.24) is 0 Å². The van der Waals surface area contributed by atoms with Gasteiger partial charge in [0, 0.05) is 5.56 Å². The first-order chi connectivity index (χ1) is 8.40. The maximum atomic E-state index is 10.5. The second kappa shape index (κ2) is 6.24. The van der Waals surface area contributed by atoms with E-state index in [0.29, 0.717) is 30.0 Å². The Labute approximate surface area is 111 Å². The lowest BCUT2D eigenvalue weighted by Crippen LogP contribution is -2.09. The first-order valence-electron chi connectivity index (χ1n) is 6.95. The SMILES string of the molecule is CC(C)c1ccc(C(C)C)c(C(C)CCN)c1O. The quantitative estimate of drug-likeness (QED) is 0.825. The number of nitrogens with two attached hydrogens (primary N) is 1. The summed E-state index contributed by atoms with van der Waals surface area (Å²) in [5.74, 6) is 1.56. The molecule has 18 heavy (non-hydrogen) atoms. The van der Waals surface area contributed by atoms with Crippen LogP contribution in [0.3, 0.4) is 0 Å². The van der Waals surface area contributed by atoms with Crippen molar-refractivity contribution in [3.8, 4) is 5.75 Å². The second-order valence-corrected chi connectivity index (χ2v) is 5.79. The number of hydrogen-bond acceptors (Lipinski definition) is 2. The number of rotatable bonds is 5. The molecule has 0 heterocycles. The molecule has 1 aromatic carbocycles. The van der Waals surface area contributed by atoms with Crippen molar-refractivity contribution in [2.45, 2.75) is 58.8 Å². The molecule has 0 bridgehead atoms. The van der Waals surface area contributed by atoms with E-state index in [0.717, 1.165) is 17.5 Å². The summed E-state index contributed by atoms with van der Waals surface area (Å²) in [4.78, 5) is 0. The van der Waals surface area contributed by atoms with Gasteiger partial charge in [-0.25, -0.2) is 0 Å². The van der Waals surface area contributed by atoms with Crippen molar-refractivity contribution in [3.05, 3.63) is 28.8 Å². The number of aromatic hydroxyl groups is 1. The highest BCUT2D eigenvalue weighted by Gasteiger charge is 2.20. The minimum Gasteiger partial charge on any atom is -0.507 e. The van der Waals surface area contributed by atoms with Crippen LogP contribution in [-0.4, -0.2) is 11.7 Å². The van der Waals surface area contributed by atoms with E-state index >= 15 is 0 Å². The zero-order valence-corrected chi connectivity index (χ0v) is 12.3. The zero-order chi connectivity index (χ0) is 13.9. The van der Waals surface area contributed by atoms with Crippen LogP contribution in [0.4, 0.5) is 0 Å². The van der Waals surface area contributed by atoms with E-state index < -0.39 is 0 Å². The first-order valence-corrected chi connectivity index (χ1v) is 6.95. The molecule has 1 atom stereocenters. The summed E-state index contributed by atoms with van der Waals surface area (Å²) in [6.45, 7) is 11.4. The highest BCUT2D eigenvalue weighted by atomic mass is 16.3. The fraction of sp³-hybridized carbons (Fsp3) is 0.625. The average Bonchev–Trinajstić information content (AvgIpc) is 2.27. The van der Waals surface area contributed by atoms with E-state index in [4.69, 9.17) is 5.73 Å². The lowest BCUT2D eigenvalue weighted by molar-refractivity contribution is 0.448. The fourth-order valence-corrected chi connectivity index (χ4v) is 2.52. The summed E-state index contributed by atoms with van der Waals surface area (Å²) in [6, 6.07) is 4.23. The van der Waals surface area contributed by atoms with Gasteiger partial charge >= 0.3 is 0 Å². The van der Waals surface area contributed by atoms with Crippen molar-refractivity contribution in [3.63, 3.8) is 0 Å². The maximum absolute atomic E-state index is 10.5. The molecule has 0 amide bonds. The normalized spacial score (nSPS) is 13.3. The Morgan fingerprint density at radius 3 is 1.94 bits per heavy atom. The molecule has 0 fully saturated rings. The molecule has 0 radical (unpaired) electrons. The van der Waals surface area contributed by atoms with Gasteiger partial charge in [-0.15, -0.1) is 0 Å². The Balaban J connectivity index is 3.35. The van der Waals surface area contributed by atoms with Gasteiger partial charge in [0.15, 0.2) is 0 Å². The molecule has 0 aliphatic heterocycles. The molecular weight excluding hydrogens is 222 g/mol. The van der Waals surface area contributed by atoms with Crippen LogP contribution in [0.1, 0.15) is 75.5 Å². The van der Waals surface area contributed by atoms with Crippen molar-refractivity contribution in [2.24, 2.45) is 5.73 Å². The molecule has 2 nitrogen and oxygen atoms in total. The minimum atomic E-state index is 0.311. The molecule has 0 saturated heterocycles. The molecular formula is C16H27NO. The van der Waals surface area contributed by atoms with Gasteiger partial charge in [0.2, 0.25) is 0 Å². The Hall–Kier alpha value is -1.02. The Morgan fingerprint density at radius 2 is 1.50 bits per heavy atom. The van der Waals surface area contributed by atoms with Gasteiger partial charge in [0.25, 0.3) is 0 Å². The lowest BCUT2D eigenvalue weighted by Gasteiger charge is -2.23. The molecule has 0 aliphatic rings. The van der Waals surface area contributed by atoms with Crippen LogP contribution in [0.25, 0.3) is 0 Å². The van der Waals surface area contributed by atoms with E-state index in [1.165, 1.54) is 5.56 Å². The van der Waals surface area contributed by atoms with Crippen LogP contribution >= 0.6 is 0 Å². The summed E-state index contributed by atoms with van der Waals surface area (Å²) in [5, 5.41) is 10.5. The van der Waals surface area contributed by atoms with Gasteiger partial charge in [-0.1, -0.05) is 46.8 Å². The van der Waals surface area contributed by atoms with Crippen LogP contribution in [0.2, 0.25) is 0 Å². The summed E-state index contributed by atoms with van der Waals surface area (Å²) < 4.78 is 0. The minimum absolute atomic E-state index is 0.311. The number of hydrogen-bond donors (Lipinski definition) is 2. The second-order valence-electron chi connectivity index (χ2n) is 5.79. The number of phenols is 1. The molecule has 1 rings (SSSR count). The molecule has 1 aromatic rings. The van der Waals surface area contributed by atoms with Crippen LogP contribution < -0.4 is 5.73 Å². The number of phenolic OH excluding ortho intramolecular Hbond substituents is 1. The smallest absolute Gasteiger partial charge is 0.122 e. The first kappa shape index (κ1) is 15.0. The van der Waals surface area contributed by atoms with Crippen LogP contribution in [0, 0.1) is 0 Å². The fourth-order valence-electron chi connectivity index (χ4n) is 2.52. The molecule has 2 heteroatoms. The summed E-state index contributed by atoms with van der Waals surface area (Å²) in [6.07, 6.45) is 0.912. The van der Waals surface area contributed by atoms with E-state index in [-0.39, 0.29) is 0 Å². The van der Waals surface area contributed by atoms with Gasteiger partial charge in [0.1, 0.15) is 5.75 Å². The van der Waals surface area contributed by atoms with Crippen molar-refractivity contribution in [2.75, 3.05) is 6.54 Å². The van der Waals surface area contributed by atoms with E-state index in [1.54, 1.807) is 0 Å². The van der Waals surface area contributed by atoms with E-state index in [9.17, 15) is 5.11 Å². The van der Waals surface area contributed by atoms with Crippen molar-refractivity contribution >= 4 is 0 Å². The van der Waals surface area contributed by atoms with Gasteiger partial charge in [-0.3, -0.25) is 0 Å². The molecule has 0 saturated carbocycles. The van der Waals surface area contributed by atoms with Crippen LogP contribution in [-0.2, 0) is 0 Å². The monoisotopic (exact) mass is 249 g/mol. The highest BCUT2D eigenvalue weighted by Crippen LogP contribution is 2.39. The topological polar surface area (TPSA) is 46.2 Å². The lowest BCUT2D eigenvalue weighted by atomic mass is 9.84. The molecule has 3 N–H and O–H groups in total. The zero-order valence-electron chi connectivity index (χ0n) is 12.3. The molecule has 0 spiro atoms. The van der Waals surface area contributed by atoms with Gasteiger partial charge in [-0.05, 0) is 41.8 Å². The van der Waals surface area contributed by atoms with Crippen LogP contribution in [0.15, 0.2) is 12.1 Å². The Kier molecular flexibility index (Phi) is 5.21. The third-order valence-electron chi connectivity index (χ3n) is 3.62. The van der Waals surface area contributed by atoms with E-state index in [1.807, 2.05) is 0 Å². The maximum Gasteiger partial charge on any atom is 0.122 e. The third kappa shape index (κ3) is 3.05. The largest absolute Gasteiger partial charge is 0.507 e. The average molecular weight is 249 g/mol. The molecule has 0 aromatic heterocycles. The summed E-state index contributed by atoms with van der Waals surface area (Å²) >= 11 is 0. The Morgan fingerprint density at radius 1 is 1.00 bits per heavy atom. The standard InChI is InChI=1S/C16H27NO/c1-10(2)13-6-7-14(11(3)4)16(18)15(13)12(5)8-9-17/h6-7,10-12,18H,8-9,17H2,1-5H3. The number of benzene rings is 1. The summed E-state index contributed by atoms with van der Waals surface area (Å²) in [5.41, 5.74) is 9.05. The third-order valence-corrected chi connectivity index (χ3v) is 3.62. The van der Waals surface area contributed by atoms with Crippen molar-refractivity contribution < 1.29 is 5.11 Å². The van der Waals surface area contributed by atoms with Gasteiger partial charge < -0.3 is 10.8 Å². The van der Waals surface area contributed by atoms with Gasteiger partial charge in [-0.2, -0.15) is 0 Å². The predicted molar refractivity (Wildman–Crippen MR) is 78.4 cm³/mol. The molecule has 102 valence electrons. The molecule has 0 aliphatic carbocycles. The predicted octanol–water partition coefficient (Wildman–Crippen LogP) is 4.09. The van der Waals surface area contributed by atoms with Gasteiger partial charge in [0.05, 0.1) is 0 Å².